The van der Waals surface area contributed by atoms with E-state index in [2.05, 4.69) is 5.32 Å². The van der Waals surface area contributed by atoms with Crippen LogP contribution in [0.1, 0.15) is 46.0 Å². The van der Waals surface area contributed by atoms with E-state index in [1.807, 2.05) is 13.8 Å². The van der Waals surface area contributed by atoms with Gasteiger partial charge in [0.05, 0.1) is 18.8 Å². The highest BCUT2D eigenvalue weighted by atomic mass is 16.5. The van der Waals surface area contributed by atoms with Crippen LogP contribution in [-0.2, 0) is 4.74 Å². The maximum atomic E-state index is 9.64. The Morgan fingerprint density at radius 2 is 1.93 bits per heavy atom. The van der Waals surface area contributed by atoms with E-state index in [9.17, 15) is 5.11 Å². The lowest BCUT2D eigenvalue weighted by atomic mass is 9.95. The normalized spacial score (nSPS) is 20.8. The second kappa shape index (κ2) is 7.20. The quantitative estimate of drug-likeness (QED) is 0.708. The van der Waals surface area contributed by atoms with Crippen LogP contribution in [0.5, 0.6) is 0 Å². The predicted molar refractivity (Wildman–Crippen MR) is 62.0 cm³/mol. The van der Waals surface area contributed by atoms with Crippen molar-refractivity contribution in [2.24, 2.45) is 0 Å². The van der Waals surface area contributed by atoms with Gasteiger partial charge in [0.25, 0.3) is 0 Å². The van der Waals surface area contributed by atoms with Crippen molar-refractivity contribution in [3.8, 4) is 0 Å². The van der Waals surface area contributed by atoms with Gasteiger partial charge in [-0.1, -0.05) is 19.3 Å². The monoisotopic (exact) mass is 215 g/mol. The Labute approximate surface area is 93.2 Å². The zero-order chi connectivity index (χ0) is 11.1. The average Bonchev–Trinajstić information content (AvgIpc) is 2.25. The molecule has 2 N–H and O–H groups in total. The van der Waals surface area contributed by atoms with E-state index in [1.54, 1.807) is 0 Å². The molecular weight excluding hydrogens is 190 g/mol. The molecule has 0 aliphatic heterocycles. The summed E-state index contributed by atoms with van der Waals surface area (Å²) >= 11 is 0. The molecule has 1 aliphatic rings. The number of aliphatic hydroxyl groups excluding tert-OH is 1. The molecule has 0 heterocycles. The minimum atomic E-state index is -0.366. The van der Waals surface area contributed by atoms with E-state index in [1.165, 1.54) is 32.1 Å². The summed E-state index contributed by atoms with van der Waals surface area (Å²) in [6.45, 7) is 5.08. The van der Waals surface area contributed by atoms with Crippen LogP contribution in [0.25, 0.3) is 0 Å². The molecule has 1 unspecified atom stereocenters. The smallest absolute Gasteiger partial charge is 0.0897 e. The lowest BCUT2D eigenvalue weighted by molar-refractivity contribution is 0.00504. The van der Waals surface area contributed by atoms with Crippen LogP contribution in [0.4, 0.5) is 0 Å². The van der Waals surface area contributed by atoms with Crippen LogP contribution in [0.3, 0.4) is 0 Å². The molecule has 3 nitrogen and oxygen atoms in total. The van der Waals surface area contributed by atoms with Crippen LogP contribution < -0.4 is 5.32 Å². The minimum absolute atomic E-state index is 0.203. The van der Waals surface area contributed by atoms with E-state index in [-0.39, 0.29) is 12.2 Å². The molecule has 1 atom stereocenters. The van der Waals surface area contributed by atoms with Gasteiger partial charge in [-0.2, -0.15) is 0 Å². The van der Waals surface area contributed by atoms with Crippen molar-refractivity contribution in [3.63, 3.8) is 0 Å². The van der Waals surface area contributed by atoms with Gasteiger partial charge in [0.1, 0.15) is 0 Å². The second-order valence-electron chi connectivity index (χ2n) is 4.78. The highest BCUT2D eigenvalue weighted by Gasteiger charge is 2.14. The number of rotatable bonds is 6. The summed E-state index contributed by atoms with van der Waals surface area (Å²) in [5.41, 5.74) is 0. The van der Waals surface area contributed by atoms with Crippen molar-refractivity contribution >= 4 is 0 Å². The van der Waals surface area contributed by atoms with E-state index in [0.29, 0.717) is 19.2 Å². The molecule has 0 spiro atoms. The number of hydrogen-bond donors (Lipinski definition) is 2. The van der Waals surface area contributed by atoms with Crippen molar-refractivity contribution < 1.29 is 9.84 Å². The first-order valence-electron chi connectivity index (χ1n) is 6.21. The third-order valence-electron chi connectivity index (χ3n) is 2.87. The van der Waals surface area contributed by atoms with E-state index >= 15 is 0 Å². The maximum Gasteiger partial charge on any atom is 0.0897 e. The summed E-state index contributed by atoms with van der Waals surface area (Å²) < 4.78 is 5.35. The zero-order valence-electron chi connectivity index (χ0n) is 10.0. The van der Waals surface area contributed by atoms with Gasteiger partial charge in [0.2, 0.25) is 0 Å². The molecule has 1 saturated carbocycles. The number of ether oxygens (including phenoxy) is 1. The second-order valence-corrected chi connectivity index (χ2v) is 4.78. The zero-order valence-corrected chi connectivity index (χ0v) is 10.0. The summed E-state index contributed by atoms with van der Waals surface area (Å²) in [6.07, 6.45) is 6.39. The summed E-state index contributed by atoms with van der Waals surface area (Å²) in [5.74, 6) is 0. The lowest BCUT2D eigenvalue weighted by Crippen LogP contribution is -2.38. The molecule has 0 aromatic rings. The van der Waals surface area contributed by atoms with Crippen LogP contribution in [0.15, 0.2) is 0 Å². The van der Waals surface area contributed by atoms with Crippen molar-refractivity contribution in [1.29, 1.82) is 0 Å². The molecule has 0 amide bonds. The summed E-state index contributed by atoms with van der Waals surface area (Å²) in [6, 6.07) is 0.618. The highest BCUT2D eigenvalue weighted by Crippen LogP contribution is 2.17. The molecule has 90 valence electrons. The first-order valence-corrected chi connectivity index (χ1v) is 6.21. The Morgan fingerprint density at radius 1 is 1.27 bits per heavy atom. The Balaban J connectivity index is 2.02. The van der Waals surface area contributed by atoms with Crippen LogP contribution in [0.2, 0.25) is 0 Å². The van der Waals surface area contributed by atoms with Gasteiger partial charge in [0.15, 0.2) is 0 Å². The topological polar surface area (TPSA) is 41.5 Å². The Bertz CT molecular complexity index is 156. The Morgan fingerprint density at radius 3 is 2.53 bits per heavy atom. The third-order valence-corrected chi connectivity index (χ3v) is 2.87. The summed E-state index contributed by atoms with van der Waals surface area (Å²) in [5, 5.41) is 13.1. The number of nitrogens with one attached hydrogen (secondary N) is 1. The SMILES string of the molecule is CC(C)OCC(O)CNC1CCCCC1. The minimum Gasteiger partial charge on any atom is -0.389 e. The molecular formula is C12H25NO2. The van der Waals surface area contributed by atoms with Crippen molar-refractivity contribution in [2.75, 3.05) is 13.2 Å². The van der Waals surface area contributed by atoms with Gasteiger partial charge >= 0.3 is 0 Å². The average molecular weight is 215 g/mol. The fourth-order valence-corrected chi connectivity index (χ4v) is 1.97. The number of hydrogen-bond acceptors (Lipinski definition) is 3. The fraction of sp³-hybridized carbons (Fsp3) is 1.00. The largest absolute Gasteiger partial charge is 0.389 e. The standard InChI is InChI=1S/C12H25NO2/c1-10(2)15-9-12(14)8-13-11-6-4-3-5-7-11/h10-14H,3-9H2,1-2H3. The molecule has 1 rings (SSSR count). The molecule has 3 heteroatoms. The number of aliphatic hydroxyl groups is 1. The van der Waals surface area contributed by atoms with Gasteiger partial charge < -0.3 is 15.2 Å². The highest BCUT2D eigenvalue weighted by molar-refractivity contribution is 4.73. The van der Waals surface area contributed by atoms with Gasteiger partial charge in [-0.05, 0) is 26.7 Å². The van der Waals surface area contributed by atoms with Gasteiger partial charge in [-0.3, -0.25) is 0 Å². The molecule has 1 aliphatic carbocycles. The first kappa shape index (κ1) is 12.9. The van der Waals surface area contributed by atoms with Crippen molar-refractivity contribution in [3.05, 3.63) is 0 Å². The van der Waals surface area contributed by atoms with Gasteiger partial charge in [0, 0.05) is 12.6 Å². The fourth-order valence-electron chi connectivity index (χ4n) is 1.97. The van der Waals surface area contributed by atoms with Gasteiger partial charge in [-0.25, -0.2) is 0 Å². The molecule has 0 saturated heterocycles. The summed E-state index contributed by atoms with van der Waals surface area (Å²) in [4.78, 5) is 0. The molecule has 0 bridgehead atoms. The Hall–Kier alpha value is -0.120. The third kappa shape index (κ3) is 6.13. The first-order chi connectivity index (χ1) is 7.18. The van der Waals surface area contributed by atoms with Crippen molar-refractivity contribution in [2.45, 2.75) is 64.2 Å². The van der Waals surface area contributed by atoms with Gasteiger partial charge in [-0.15, -0.1) is 0 Å². The molecule has 0 aromatic heterocycles. The molecule has 0 radical (unpaired) electrons. The molecule has 15 heavy (non-hydrogen) atoms. The van der Waals surface area contributed by atoms with Crippen LogP contribution in [-0.4, -0.2) is 36.5 Å². The Kier molecular flexibility index (Phi) is 6.22. The van der Waals surface area contributed by atoms with Crippen LogP contribution in [0, 0.1) is 0 Å². The van der Waals surface area contributed by atoms with E-state index in [0.717, 1.165) is 0 Å². The predicted octanol–water partition coefficient (Wildman–Crippen LogP) is 1.69. The van der Waals surface area contributed by atoms with E-state index in [4.69, 9.17) is 4.74 Å². The maximum absolute atomic E-state index is 9.64. The van der Waals surface area contributed by atoms with E-state index < -0.39 is 0 Å². The van der Waals surface area contributed by atoms with Crippen LogP contribution >= 0.6 is 0 Å². The van der Waals surface area contributed by atoms with Crippen molar-refractivity contribution in [1.82, 2.24) is 5.32 Å². The summed E-state index contributed by atoms with van der Waals surface area (Å²) in [7, 11) is 0. The molecule has 0 aromatic carbocycles. The lowest BCUT2D eigenvalue weighted by Gasteiger charge is -2.24. The molecule has 1 fully saturated rings.